The van der Waals surface area contributed by atoms with E-state index < -0.39 is 12.0 Å². The van der Waals surface area contributed by atoms with Crippen molar-refractivity contribution in [2.45, 2.75) is 24.9 Å². The molecule has 1 aliphatic carbocycles. The Morgan fingerprint density at radius 1 is 1.42 bits per heavy atom. The van der Waals surface area contributed by atoms with Crippen molar-refractivity contribution in [1.82, 2.24) is 5.32 Å². The normalized spacial score (nSPS) is 22.4. The van der Waals surface area contributed by atoms with Crippen molar-refractivity contribution in [2.75, 3.05) is 7.11 Å². The molecule has 1 aromatic rings. The van der Waals surface area contributed by atoms with Crippen molar-refractivity contribution in [2.24, 2.45) is 11.7 Å². The second-order valence-electron chi connectivity index (χ2n) is 4.78. The highest BCUT2D eigenvalue weighted by Gasteiger charge is 2.41. The van der Waals surface area contributed by atoms with Crippen LogP contribution in [0.2, 0.25) is 0 Å². The Morgan fingerprint density at radius 2 is 2.05 bits per heavy atom. The predicted octanol–water partition coefficient (Wildman–Crippen LogP) is 0.234. The van der Waals surface area contributed by atoms with Gasteiger partial charge in [0.05, 0.1) is 13.0 Å². The van der Waals surface area contributed by atoms with E-state index in [0.717, 1.165) is 5.56 Å². The number of benzene rings is 1. The van der Waals surface area contributed by atoms with Gasteiger partial charge in [0.15, 0.2) is 0 Å². The van der Waals surface area contributed by atoms with E-state index >= 15 is 0 Å². The third-order valence-electron chi connectivity index (χ3n) is 3.26. The number of ether oxygens (including phenoxy) is 1. The summed E-state index contributed by atoms with van der Waals surface area (Å²) in [6.07, 6.45) is 1.10. The average molecular weight is 262 g/mol. The van der Waals surface area contributed by atoms with Gasteiger partial charge in [0.1, 0.15) is 6.04 Å². The molecule has 1 fully saturated rings. The van der Waals surface area contributed by atoms with Crippen LogP contribution in [0.5, 0.6) is 0 Å². The second-order valence-corrected chi connectivity index (χ2v) is 4.78. The van der Waals surface area contributed by atoms with Crippen molar-refractivity contribution in [3.63, 3.8) is 0 Å². The summed E-state index contributed by atoms with van der Waals surface area (Å²) in [6.45, 7) is 0. The Bertz CT molecular complexity index is 461. The molecule has 3 N–H and O–H groups in total. The maximum atomic E-state index is 11.8. The molecule has 0 aliphatic heterocycles. The van der Waals surface area contributed by atoms with Crippen LogP contribution >= 0.6 is 0 Å². The van der Waals surface area contributed by atoms with Crippen LogP contribution in [0.3, 0.4) is 0 Å². The van der Waals surface area contributed by atoms with Crippen LogP contribution in [0.25, 0.3) is 0 Å². The van der Waals surface area contributed by atoms with Crippen molar-refractivity contribution < 1.29 is 14.3 Å². The summed E-state index contributed by atoms with van der Waals surface area (Å²) in [5.74, 6) is -0.770. The highest BCUT2D eigenvalue weighted by molar-refractivity contribution is 5.87. The lowest BCUT2D eigenvalue weighted by atomic mass is 10.1. The molecule has 5 heteroatoms. The van der Waals surface area contributed by atoms with E-state index in [2.05, 4.69) is 5.32 Å². The minimum atomic E-state index is -0.660. The highest BCUT2D eigenvalue weighted by Crippen LogP contribution is 2.27. The van der Waals surface area contributed by atoms with Gasteiger partial charge in [-0.25, -0.2) is 4.79 Å². The Labute approximate surface area is 112 Å². The maximum Gasteiger partial charge on any atom is 0.328 e. The number of carbonyl (C=O) groups excluding carboxylic acids is 2. The quantitative estimate of drug-likeness (QED) is 0.744. The van der Waals surface area contributed by atoms with E-state index in [1.165, 1.54) is 7.11 Å². The Kier molecular flexibility index (Phi) is 4.16. The van der Waals surface area contributed by atoms with Gasteiger partial charge < -0.3 is 15.8 Å². The van der Waals surface area contributed by atoms with E-state index in [4.69, 9.17) is 10.5 Å². The molecule has 1 aliphatic rings. The first-order valence-electron chi connectivity index (χ1n) is 6.29. The molecular formula is C14H18N2O3. The van der Waals surface area contributed by atoms with E-state index in [1.807, 2.05) is 30.3 Å². The first kappa shape index (κ1) is 13.5. The average Bonchev–Trinajstić information content (AvgIpc) is 3.15. The van der Waals surface area contributed by atoms with Crippen LogP contribution in [0.4, 0.5) is 0 Å². The fraction of sp³-hybridized carbons (Fsp3) is 0.429. The zero-order valence-corrected chi connectivity index (χ0v) is 10.8. The molecule has 0 aromatic heterocycles. The van der Waals surface area contributed by atoms with Gasteiger partial charge in [-0.15, -0.1) is 0 Å². The lowest BCUT2D eigenvalue weighted by Crippen LogP contribution is -2.44. The van der Waals surface area contributed by atoms with Crippen LogP contribution in [0.15, 0.2) is 30.3 Å². The van der Waals surface area contributed by atoms with Crippen molar-refractivity contribution in [1.29, 1.82) is 0 Å². The molecule has 1 amide bonds. The summed E-state index contributed by atoms with van der Waals surface area (Å²) in [4.78, 5) is 23.5. The summed E-state index contributed by atoms with van der Waals surface area (Å²) >= 11 is 0. The smallest absolute Gasteiger partial charge is 0.328 e. The summed E-state index contributed by atoms with van der Waals surface area (Å²) in [7, 11) is 1.31. The molecule has 0 heterocycles. The molecular weight excluding hydrogens is 244 g/mol. The highest BCUT2D eigenvalue weighted by atomic mass is 16.5. The molecule has 0 spiro atoms. The Hall–Kier alpha value is -1.88. The molecule has 3 unspecified atom stereocenters. The number of nitrogens with two attached hydrogens (primary N) is 1. The van der Waals surface area contributed by atoms with Crippen LogP contribution in [-0.4, -0.2) is 31.1 Å². The van der Waals surface area contributed by atoms with Gasteiger partial charge in [0.2, 0.25) is 5.91 Å². The molecule has 19 heavy (non-hydrogen) atoms. The SMILES string of the molecule is COC(=O)C(Cc1ccccc1)NC(=O)C1CC1N. The Balaban J connectivity index is 1.99. The largest absolute Gasteiger partial charge is 0.467 e. The van der Waals surface area contributed by atoms with E-state index in [-0.39, 0.29) is 17.9 Å². The minimum absolute atomic E-state index is 0.0741. The molecule has 102 valence electrons. The summed E-state index contributed by atoms with van der Waals surface area (Å²) < 4.78 is 4.73. The number of methoxy groups -OCH3 is 1. The summed E-state index contributed by atoms with van der Waals surface area (Å²) in [6, 6.07) is 8.77. The number of rotatable bonds is 5. The molecule has 1 aromatic carbocycles. The monoisotopic (exact) mass is 262 g/mol. The Morgan fingerprint density at radius 3 is 2.58 bits per heavy atom. The second kappa shape index (κ2) is 5.84. The van der Waals surface area contributed by atoms with Crippen LogP contribution in [0.1, 0.15) is 12.0 Å². The number of amides is 1. The molecule has 1 saturated carbocycles. The molecule has 0 radical (unpaired) electrons. The minimum Gasteiger partial charge on any atom is -0.467 e. The van der Waals surface area contributed by atoms with Crippen molar-refractivity contribution in [3.05, 3.63) is 35.9 Å². The van der Waals surface area contributed by atoms with E-state index in [9.17, 15) is 9.59 Å². The van der Waals surface area contributed by atoms with Gasteiger partial charge in [-0.2, -0.15) is 0 Å². The fourth-order valence-corrected chi connectivity index (χ4v) is 1.98. The number of hydrogen-bond acceptors (Lipinski definition) is 4. The molecule has 3 atom stereocenters. The maximum absolute atomic E-state index is 11.8. The zero-order chi connectivity index (χ0) is 13.8. The number of esters is 1. The van der Waals surface area contributed by atoms with Crippen molar-refractivity contribution in [3.8, 4) is 0 Å². The first-order valence-corrected chi connectivity index (χ1v) is 6.29. The van der Waals surface area contributed by atoms with Gasteiger partial charge in [0, 0.05) is 12.5 Å². The summed E-state index contributed by atoms with van der Waals surface area (Å²) in [5, 5.41) is 2.72. The molecule has 2 rings (SSSR count). The van der Waals surface area contributed by atoms with Crippen LogP contribution < -0.4 is 11.1 Å². The number of carbonyl (C=O) groups is 2. The van der Waals surface area contributed by atoms with Crippen LogP contribution in [0, 0.1) is 5.92 Å². The van der Waals surface area contributed by atoms with Gasteiger partial charge in [-0.05, 0) is 12.0 Å². The number of hydrogen-bond donors (Lipinski definition) is 2. The summed E-state index contributed by atoms with van der Waals surface area (Å²) in [5.41, 5.74) is 6.60. The van der Waals surface area contributed by atoms with Gasteiger partial charge in [-0.3, -0.25) is 4.79 Å². The topological polar surface area (TPSA) is 81.4 Å². The van der Waals surface area contributed by atoms with E-state index in [1.54, 1.807) is 0 Å². The zero-order valence-electron chi connectivity index (χ0n) is 10.8. The fourth-order valence-electron chi connectivity index (χ4n) is 1.98. The molecule has 5 nitrogen and oxygen atoms in total. The van der Waals surface area contributed by atoms with Crippen molar-refractivity contribution >= 4 is 11.9 Å². The third kappa shape index (κ3) is 3.54. The van der Waals surface area contributed by atoms with Gasteiger partial charge in [0.25, 0.3) is 0 Å². The predicted molar refractivity (Wildman–Crippen MR) is 70.2 cm³/mol. The van der Waals surface area contributed by atoms with Crippen LogP contribution in [-0.2, 0) is 20.7 Å². The van der Waals surface area contributed by atoms with Gasteiger partial charge >= 0.3 is 5.97 Å². The van der Waals surface area contributed by atoms with E-state index in [0.29, 0.717) is 12.8 Å². The standard InChI is InChI=1S/C14H18N2O3/c1-19-14(18)12(7-9-5-3-2-4-6-9)16-13(17)10-8-11(10)15/h2-6,10-12H,7-8,15H2,1H3,(H,16,17). The lowest BCUT2D eigenvalue weighted by Gasteiger charge is -2.16. The molecule has 0 saturated heterocycles. The first-order chi connectivity index (χ1) is 9.11. The molecule has 0 bridgehead atoms. The number of nitrogens with one attached hydrogen (secondary N) is 1. The lowest BCUT2D eigenvalue weighted by molar-refractivity contribution is -0.145. The third-order valence-corrected chi connectivity index (χ3v) is 3.26. The van der Waals surface area contributed by atoms with Gasteiger partial charge in [-0.1, -0.05) is 30.3 Å².